The largest absolute Gasteiger partial charge is 0.493 e. The molecular weight excluding hydrogens is 408 g/mol. The first kappa shape index (κ1) is 22.2. The van der Waals surface area contributed by atoms with Crippen molar-refractivity contribution in [3.63, 3.8) is 0 Å². The Morgan fingerprint density at radius 3 is 2.52 bits per heavy atom. The van der Waals surface area contributed by atoms with Crippen LogP contribution in [0.15, 0.2) is 12.1 Å². The summed E-state index contributed by atoms with van der Waals surface area (Å²) in [5.41, 5.74) is 0.881. The predicted molar refractivity (Wildman–Crippen MR) is 105 cm³/mol. The maximum Gasteiger partial charge on any atom is 0.390 e. The predicted octanol–water partition coefficient (Wildman–Crippen LogP) is 4.75. The third-order valence-electron chi connectivity index (χ3n) is 5.45. The van der Waals surface area contributed by atoms with Crippen molar-refractivity contribution in [1.29, 1.82) is 0 Å². The summed E-state index contributed by atoms with van der Waals surface area (Å²) in [6, 6.07) is 2.88. The Labute approximate surface area is 172 Å². The first-order valence-electron chi connectivity index (χ1n) is 9.85. The van der Waals surface area contributed by atoms with Crippen LogP contribution >= 0.6 is 11.9 Å². The Kier molecular flexibility index (Phi) is 7.32. The van der Waals surface area contributed by atoms with E-state index < -0.39 is 24.3 Å². The van der Waals surface area contributed by atoms with E-state index in [1.807, 2.05) is 4.90 Å². The monoisotopic (exact) mass is 434 g/mol. The van der Waals surface area contributed by atoms with Crippen LogP contribution in [0, 0.1) is 11.7 Å². The van der Waals surface area contributed by atoms with Crippen molar-refractivity contribution in [3.8, 4) is 5.75 Å². The van der Waals surface area contributed by atoms with Crippen LogP contribution in [0.2, 0.25) is 0 Å². The van der Waals surface area contributed by atoms with E-state index in [1.54, 1.807) is 12.3 Å². The maximum atomic E-state index is 14.4. The summed E-state index contributed by atoms with van der Waals surface area (Å²) >= 11 is 1.12. The quantitative estimate of drug-likeness (QED) is 0.474. The van der Waals surface area contributed by atoms with Gasteiger partial charge in [0.05, 0.1) is 18.6 Å². The molecule has 1 amide bonds. The number of amides is 1. The van der Waals surface area contributed by atoms with Crippen LogP contribution in [0.25, 0.3) is 0 Å². The highest BCUT2D eigenvalue weighted by Gasteiger charge is 2.31. The van der Waals surface area contributed by atoms with E-state index in [2.05, 4.69) is 4.72 Å². The van der Waals surface area contributed by atoms with Gasteiger partial charge >= 0.3 is 6.18 Å². The molecule has 29 heavy (non-hydrogen) atoms. The van der Waals surface area contributed by atoms with Gasteiger partial charge in [-0.25, -0.2) is 4.39 Å². The molecule has 2 fully saturated rings. The topological polar surface area (TPSA) is 41.6 Å². The van der Waals surface area contributed by atoms with Crippen LogP contribution in [0.5, 0.6) is 5.75 Å². The fraction of sp³-hybridized carbons (Fsp3) is 0.650. The standard InChI is InChI=1S/C20H26F4N2O2S/c1-29-25-19(27)16-10-15(14-2-3-14)18(11-17(16)21)28-12-13-4-7-26(8-5-13)9-6-20(22,23)24/h10-11,13-14H,2-9,12H2,1H3,(H,25,27). The molecule has 1 N–H and O–H groups in total. The number of piperidine rings is 1. The molecule has 2 aliphatic rings. The molecule has 3 rings (SSSR count). The van der Waals surface area contributed by atoms with Crippen molar-refractivity contribution in [2.45, 2.75) is 44.2 Å². The number of alkyl halides is 3. The number of likely N-dealkylation sites (tertiary alicyclic amines) is 1. The fourth-order valence-corrected chi connectivity index (χ4v) is 3.90. The second-order valence-electron chi connectivity index (χ2n) is 7.74. The van der Waals surface area contributed by atoms with E-state index in [0.717, 1.165) is 43.2 Å². The van der Waals surface area contributed by atoms with E-state index >= 15 is 0 Å². The third-order valence-corrected chi connectivity index (χ3v) is 5.84. The van der Waals surface area contributed by atoms with E-state index in [0.29, 0.717) is 25.4 Å². The number of carbonyl (C=O) groups excluding carboxylic acids is 1. The van der Waals surface area contributed by atoms with Crippen molar-refractivity contribution < 1.29 is 27.1 Å². The van der Waals surface area contributed by atoms with Gasteiger partial charge in [-0.1, -0.05) is 11.9 Å². The van der Waals surface area contributed by atoms with Crippen molar-refractivity contribution >= 4 is 17.9 Å². The molecule has 1 aliphatic carbocycles. The summed E-state index contributed by atoms with van der Waals surface area (Å²) in [5.74, 6) is -0.0832. The van der Waals surface area contributed by atoms with Crippen molar-refractivity contribution in [3.05, 3.63) is 29.1 Å². The Balaban J connectivity index is 1.56. The van der Waals surface area contributed by atoms with Crippen LogP contribution in [0.3, 0.4) is 0 Å². The first-order valence-corrected chi connectivity index (χ1v) is 11.1. The van der Waals surface area contributed by atoms with Gasteiger partial charge in [0.15, 0.2) is 0 Å². The number of ether oxygens (including phenoxy) is 1. The summed E-state index contributed by atoms with van der Waals surface area (Å²) in [7, 11) is 0. The Hall–Kier alpha value is -1.48. The third kappa shape index (κ3) is 6.50. The molecule has 1 aliphatic heterocycles. The SMILES string of the molecule is CSNC(=O)c1cc(C2CC2)c(OCC2CCN(CCC(F)(F)F)CC2)cc1F. The zero-order valence-corrected chi connectivity index (χ0v) is 17.2. The molecule has 1 saturated heterocycles. The molecule has 1 aromatic rings. The number of halogens is 4. The van der Waals surface area contributed by atoms with Crippen LogP contribution in [-0.4, -0.2) is 49.5 Å². The van der Waals surface area contributed by atoms with E-state index in [9.17, 15) is 22.4 Å². The maximum absolute atomic E-state index is 14.4. The van der Waals surface area contributed by atoms with Gasteiger partial charge in [0, 0.05) is 18.9 Å². The summed E-state index contributed by atoms with van der Waals surface area (Å²) in [6.45, 7) is 1.67. The number of hydrogen-bond acceptors (Lipinski definition) is 4. The molecule has 0 atom stereocenters. The molecule has 1 heterocycles. The average molecular weight is 434 g/mol. The second-order valence-corrected chi connectivity index (χ2v) is 8.35. The lowest BCUT2D eigenvalue weighted by Gasteiger charge is -2.32. The number of benzene rings is 1. The minimum absolute atomic E-state index is 0.0200. The molecule has 0 spiro atoms. The van der Waals surface area contributed by atoms with Crippen molar-refractivity contribution in [2.75, 3.05) is 32.5 Å². The van der Waals surface area contributed by atoms with Crippen LogP contribution in [0.1, 0.15) is 53.9 Å². The van der Waals surface area contributed by atoms with Crippen molar-refractivity contribution in [2.24, 2.45) is 5.92 Å². The van der Waals surface area contributed by atoms with Gasteiger partial charge in [0.2, 0.25) is 0 Å². The normalized spacial score (nSPS) is 18.7. The van der Waals surface area contributed by atoms with E-state index in [4.69, 9.17) is 4.74 Å². The van der Waals surface area contributed by atoms with Gasteiger partial charge in [-0.05, 0) is 62.2 Å². The molecule has 9 heteroatoms. The average Bonchev–Trinajstić information content (AvgIpc) is 3.50. The van der Waals surface area contributed by atoms with Crippen LogP contribution in [0.4, 0.5) is 17.6 Å². The number of rotatable bonds is 8. The van der Waals surface area contributed by atoms with Gasteiger partial charge in [0.25, 0.3) is 5.91 Å². The van der Waals surface area contributed by atoms with Crippen LogP contribution in [-0.2, 0) is 0 Å². The number of nitrogens with zero attached hydrogens (tertiary/aromatic N) is 1. The van der Waals surface area contributed by atoms with E-state index in [1.165, 1.54) is 6.07 Å². The highest BCUT2D eigenvalue weighted by atomic mass is 32.2. The second kappa shape index (κ2) is 9.55. The smallest absolute Gasteiger partial charge is 0.390 e. The lowest BCUT2D eigenvalue weighted by atomic mass is 9.97. The number of nitrogens with one attached hydrogen (secondary N) is 1. The Morgan fingerprint density at radius 1 is 1.24 bits per heavy atom. The van der Waals surface area contributed by atoms with Gasteiger partial charge < -0.3 is 9.64 Å². The number of carbonyl (C=O) groups is 1. The summed E-state index contributed by atoms with van der Waals surface area (Å²) in [4.78, 5) is 13.9. The molecule has 0 aromatic heterocycles. The van der Waals surface area contributed by atoms with Gasteiger partial charge in [-0.15, -0.1) is 0 Å². The Morgan fingerprint density at radius 2 is 1.93 bits per heavy atom. The van der Waals surface area contributed by atoms with Gasteiger partial charge in [-0.2, -0.15) is 13.2 Å². The lowest BCUT2D eigenvalue weighted by molar-refractivity contribution is -0.138. The zero-order chi connectivity index (χ0) is 21.0. The molecule has 0 bridgehead atoms. The first-order chi connectivity index (χ1) is 13.8. The zero-order valence-electron chi connectivity index (χ0n) is 16.4. The highest BCUT2D eigenvalue weighted by Crippen LogP contribution is 2.45. The summed E-state index contributed by atoms with van der Waals surface area (Å²) in [6.07, 6.45) is 0.285. The molecular formula is C20H26F4N2O2S. The minimum Gasteiger partial charge on any atom is -0.493 e. The molecule has 1 aromatic carbocycles. The van der Waals surface area contributed by atoms with Gasteiger partial charge in [-0.3, -0.25) is 9.52 Å². The van der Waals surface area contributed by atoms with Crippen LogP contribution < -0.4 is 9.46 Å². The van der Waals surface area contributed by atoms with Gasteiger partial charge in [0.1, 0.15) is 11.6 Å². The molecule has 162 valence electrons. The highest BCUT2D eigenvalue weighted by molar-refractivity contribution is 7.97. The minimum atomic E-state index is -4.12. The molecule has 0 unspecified atom stereocenters. The lowest BCUT2D eigenvalue weighted by Crippen LogP contribution is -2.37. The fourth-order valence-electron chi connectivity index (χ4n) is 3.60. The van der Waals surface area contributed by atoms with E-state index in [-0.39, 0.29) is 23.9 Å². The number of hydrogen-bond donors (Lipinski definition) is 1. The molecule has 0 radical (unpaired) electrons. The summed E-state index contributed by atoms with van der Waals surface area (Å²) < 4.78 is 60.0. The molecule has 1 saturated carbocycles. The molecule has 4 nitrogen and oxygen atoms in total. The summed E-state index contributed by atoms with van der Waals surface area (Å²) in [5, 5.41) is 0. The Bertz CT molecular complexity index is 717. The van der Waals surface area contributed by atoms with Crippen molar-refractivity contribution in [1.82, 2.24) is 9.62 Å².